The number of amides is 1. The highest BCUT2D eigenvalue weighted by Gasteiger charge is 2.15. The largest absolute Gasteiger partial charge is 0.496 e. The number of nitrogens with one attached hydrogen (secondary N) is 1. The fourth-order valence-electron chi connectivity index (χ4n) is 1.65. The number of para-hydroxylation sites is 1. The van der Waals surface area contributed by atoms with E-state index in [0.29, 0.717) is 13.1 Å². The number of benzene rings is 1. The lowest BCUT2D eigenvalue weighted by Gasteiger charge is -2.23. The first-order valence-corrected chi connectivity index (χ1v) is 6.44. The topological polar surface area (TPSA) is 41.6 Å². The molecule has 0 unspecified atom stereocenters. The highest BCUT2D eigenvalue weighted by atomic mass is 16.5. The Hall–Kier alpha value is -1.55. The maximum absolute atomic E-state index is 12.0. The molecule has 1 aromatic rings. The van der Waals surface area contributed by atoms with Crippen molar-refractivity contribution >= 4 is 5.91 Å². The summed E-state index contributed by atoms with van der Waals surface area (Å²) in [6.45, 7) is 7.02. The Bertz CT molecular complexity index is 424. The summed E-state index contributed by atoms with van der Waals surface area (Å²) in [5.41, 5.74) is 0.956. The molecule has 0 bridgehead atoms. The molecule has 1 N–H and O–H groups in total. The summed E-state index contributed by atoms with van der Waals surface area (Å²) in [4.78, 5) is 13.7. The van der Waals surface area contributed by atoms with Crippen molar-refractivity contribution in [2.45, 2.75) is 32.9 Å². The number of ether oxygens (including phenoxy) is 1. The van der Waals surface area contributed by atoms with Gasteiger partial charge in [0.05, 0.1) is 13.7 Å². The molecular formula is C15H24N2O2. The minimum Gasteiger partial charge on any atom is -0.496 e. The molecule has 4 heteroatoms. The van der Waals surface area contributed by atoms with Gasteiger partial charge in [-0.1, -0.05) is 18.2 Å². The van der Waals surface area contributed by atoms with Crippen LogP contribution in [0.15, 0.2) is 24.3 Å². The lowest BCUT2D eigenvalue weighted by Crippen LogP contribution is -2.43. The van der Waals surface area contributed by atoms with Gasteiger partial charge < -0.3 is 15.0 Å². The normalized spacial score (nSPS) is 11.2. The quantitative estimate of drug-likeness (QED) is 0.885. The van der Waals surface area contributed by atoms with Crippen molar-refractivity contribution < 1.29 is 9.53 Å². The summed E-state index contributed by atoms with van der Waals surface area (Å²) >= 11 is 0. The molecule has 0 aromatic heterocycles. The highest BCUT2D eigenvalue weighted by molar-refractivity contribution is 5.78. The Labute approximate surface area is 115 Å². The maximum atomic E-state index is 12.0. The Morgan fingerprint density at radius 2 is 1.95 bits per heavy atom. The third-order valence-corrected chi connectivity index (χ3v) is 2.80. The van der Waals surface area contributed by atoms with Gasteiger partial charge in [-0.25, -0.2) is 0 Å². The molecule has 0 aliphatic rings. The Morgan fingerprint density at radius 1 is 1.32 bits per heavy atom. The number of likely N-dealkylation sites (N-methyl/N-ethyl adjacent to an activating group) is 1. The van der Waals surface area contributed by atoms with Gasteiger partial charge in [-0.15, -0.1) is 0 Å². The number of carbonyl (C=O) groups excluding carboxylic acids is 1. The van der Waals surface area contributed by atoms with Crippen LogP contribution in [-0.2, 0) is 11.3 Å². The number of rotatable bonds is 5. The molecule has 106 valence electrons. The van der Waals surface area contributed by atoms with Gasteiger partial charge in [-0.05, 0) is 26.8 Å². The van der Waals surface area contributed by atoms with Gasteiger partial charge in [-0.2, -0.15) is 0 Å². The summed E-state index contributed by atoms with van der Waals surface area (Å²) < 4.78 is 5.29. The average Bonchev–Trinajstić information content (AvgIpc) is 2.35. The van der Waals surface area contributed by atoms with Crippen LogP contribution in [0.2, 0.25) is 0 Å². The number of nitrogens with zero attached hydrogens (tertiary/aromatic N) is 1. The Morgan fingerprint density at radius 3 is 2.53 bits per heavy atom. The third-order valence-electron chi connectivity index (χ3n) is 2.80. The van der Waals surface area contributed by atoms with Gasteiger partial charge >= 0.3 is 0 Å². The third kappa shape index (κ3) is 5.30. The number of methoxy groups -OCH3 is 1. The molecule has 0 fully saturated rings. The first-order valence-electron chi connectivity index (χ1n) is 6.44. The highest BCUT2D eigenvalue weighted by Crippen LogP contribution is 2.18. The molecule has 0 spiro atoms. The molecular weight excluding hydrogens is 240 g/mol. The molecule has 19 heavy (non-hydrogen) atoms. The van der Waals surface area contributed by atoms with Crippen molar-refractivity contribution in [2.24, 2.45) is 0 Å². The molecule has 0 saturated carbocycles. The van der Waals surface area contributed by atoms with Crippen LogP contribution in [0.4, 0.5) is 0 Å². The van der Waals surface area contributed by atoms with E-state index >= 15 is 0 Å². The van der Waals surface area contributed by atoms with Crippen molar-refractivity contribution in [3.63, 3.8) is 0 Å². The van der Waals surface area contributed by atoms with Crippen LogP contribution in [0.5, 0.6) is 5.75 Å². The van der Waals surface area contributed by atoms with E-state index in [0.717, 1.165) is 11.3 Å². The van der Waals surface area contributed by atoms with Crippen LogP contribution in [-0.4, -0.2) is 37.0 Å². The number of carbonyl (C=O) groups is 1. The molecule has 0 saturated heterocycles. The van der Waals surface area contributed by atoms with Gasteiger partial charge in [0, 0.05) is 24.7 Å². The fourth-order valence-corrected chi connectivity index (χ4v) is 1.65. The maximum Gasteiger partial charge on any atom is 0.236 e. The fraction of sp³-hybridized carbons (Fsp3) is 0.533. The Kier molecular flexibility index (Phi) is 5.36. The smallest absolute Gasteiger partial charge is 0.236 e. The van der Waals surface area contributed by atoms with Crippen molar-refractivity contribution in [1.82, 2.24) is 10.2 Å². The Balaban J connectivity index is 2.59. The van der Waals surface area contributed by atoms with Gasteiger partial charge in [-0.3, -0.25) is 4.79 Å². The van der Waals surface area contributed by atoms with E-state index in [4.69, 9.17) is 4.74 Å². The average molecular weight is 264 g/mol. The lowest BCUT2D eigenvalue weighted by atomic mass is 10.1. The van der Waals surface area contributed by atoms with E-state index in [1.165, 1.54) is 0 Å². The molecule has 0 atom stereocenters. The summed E-state index contributed by atoms with van der Waals surface area (Å²) in [5.74, 6) is 0.881. The zero-order valence-corrected chi connectivity index (χ0v) is 12.5. The van der Waals surface area contributed by atoms with Crippen molar-refractivity contribution in [1.29, 1.82) is 0 Å². The minimum atomic E-state index is -0.0546. The van der Waals surface area contributed by atoms with Gasteiger partial charge in [0.1, 0.15) is 5.75 Å². The van der Waals surface area contributed by atoms with E-state index in [1.54, 1.807) is 19.1 Å². The van der Waals surface area contributed by atoms with E-state index < -0.39 is 0 Å². The summed E-state index contributed by atoms with van der Waals surface area (Å²) in [7, 11) is 3.45. The first kappa shape index (κ1) is 15.5. The van der Waals surface area contributed by atoms with Crippen molar-refractivity contribution in [2.75, 3.05) is 20.7 Å². The summed E-state index contributed by atoms with van der Waals surface area (Å²) in [6.07, 6.45) is 0. The summed E-state index contributed by atoms with van der Waals surface area (Å²) in [5, 5.41) is 3.19. The molecule has 1 amide bonds. The van der Waals surface area contributed by atoms with Crippen molar-refractivity contribution in [3.8, 4) is 5.75 Å². The second kappa shape index (κ2) is 6.57. The van der Waals surface area contributed by atoms with Crippen LogP contribution >= 0.6 is 0 Å². The van der Waals surface area contributed by atoms with E-state index in [2.05, 4.69) is 5.32 Å². The van der Waals surface area contributed by atoms with Crippen LogP contribution in [0.3, 0.4) is 0 Å². The zero-order chi connectivity index (χ0) is 14.5. The molecule has 4 nitrogen and oxygen atoms in total. The van der Waals surface area contributed by atoms with Gasteiger partial charge in [0.2, 0.25) is 5.91 Å². The lowest BCUT2D eigenvalue weighted by molar-refractivity contribution is -0.129. The first-order chi connectivity index (χ1) is 8.83. The minimum absolute atomic E-state index is 0.0546. The van der Waals surface area contributed by atoms with Crippen LogP contribution in [0.25, 0.3) is 0 Å². The molecule has 1 aromatic carbocycles. The van der Waals surface area contributed by atoms with Crippen LogP contribution in [0, 0.1) is 0 Å². The van der Waals surface area contributed by atoms with Crippen molar-refractivity contribution in [3.05, 3.63) is 29.8 Å². The van der Waals surface area contributed by atoms with Gasteiger partial charge in [0.25, 0.3) is 0 Å². The second-order valence-corrected chi connectivity index (χ2v) is 5.67. The molecule has 0 aliphatic heterocycles. The molecule has 0 heterocycles. The predicted octanol–water partition coefficient (Wildman–Crippen LogP) is 2.04. The second-order valence-electron chi connectivity index (χ2n) is 5.67. The van der Waals surface area contributed by atoms with Gasteiger partial charge in [0.15, 0.2) is 0 Å². The number of hydrogen-bond acceptors (Lipinski definition) is 3. The standard InChI is InChI=1S/C15H24N2O2/c1-15(2,3)16-10-14(18)17(4)11-12-8-6-7-9-13(12)19-5/h6-9,16H,10-11H2,1-5H3. The van der Waals surface area contributed by atoms with E-state index in [1.807, 2.05) is 45.0 Å². The molecule has 1 rings (SSSR count). The zero-order valence-electron chi connectivity index (χ0n) is 12.5. The summed E-state index contributed by atoms with van der Waals surface area (Å²) in [6, 6.07) is 7.75. The monoisotopic (exact) mass is 264 g/mol. The number of hydrogen-bond donors (Lipinski definition) is 1. The SMILES string of the molecule is COc1ccccc1CN(C)C(=O)CNC(C)(C)C. The predicted molar refractivity (Wildman–Crippen MR) is 77.2 cm³/mol. The van der Waals surface area contributed by atoms with Crippen LogP contribution < -0.4 is 10.1 Å². The molecule has 0 radical (unpaired) electrons. The van der Waals surface area contributed by atoms with Crippen LogP contribution in [0.1, 0.15) is 26.3 Å². The van der Waals surface area contributed by atoms with E-state index in [-0.39, 0.29) is 11.4 Å². The van der Waals surface area contributed by atoms with E-state index in [9.17, 15) is 4.79 Å². The molecule has 0 aliphatic carbocycles.